The molecule has 0 aromatic rings. The molecule has 0 aromatic heterocycles. The minimum absolute atomic E-state index is 0. The summed E-state index contributed by atoms with van der Waals surface area (Å²) in [4.78, 5) is 0. The van der Waals surface area contributed by atoms with Crippen molar-refractivity contribution in [1.29, 1.82) is 0 Å². The van der Waals surface area contributed by atoms with Gasteiger partial charge in [0.1, 0.15) is 0 Å². The first-order valence-electron chi connectivity index (χ1n) is 3.73. The number of aliphatic hydroxyl groups is 1. The number of hydrogen-bond donors (Lipinski definition) is 2. The van der Waals surface area contributed by atoms with Crippen LogP contribution in [0, 0.1) is 5.92 Å². The summed E-state index contributed by atoms with van der Waals surface area (Å²) in [5.41, 5.74) is 0. The van der Waals surface area contributed by atoms with Crippen molar-refractivity contribution in [1.82, 2.24) is 5.32 Å². The predicted octanol–water partition coefficient (Wildman–Crippen LogP) is -4.08. The Kier molecular flexibility index (Phi) is 10.1. The van der Waals surface area contributed by atoms with Crippen LogP contribution >= 0.6 is 0 Å². The van der Waals surface area contributed by atoms with Gasteiger partial charge in [0.05, 0.1) is 6.10 Å². The summed E-state index contributed by atoms with van der Waals surface area (Å²) < 4.78 is 0. The maximum absolute atomic E-state index is 9.33. The molecule has 0 amide bonds. The van der Waals surface area contributed by atoms with E-state index in [1.165, 1.54) is 0 Å². The first kappa shape index (κ1) is 14.5. The molecule has 0 aliphatic carbocycles. The first-order valence-corrected chi connectivity index (χ1v) is 3.73. The molecule has 2 N–H and O–H groups in total. The molecule has 2 nitrogen and oxygen atoms in total. The number of hydrogen-bond acceptors (Lipinski definition) is 2. The Morgan fingerprint density at radius 3 is 2.55 bits per heavy atom. The van der Waals surface area contributed by atoms with Crippen molar-refractivity contribution >= 4 is 8.41 Å². The van der Waals surface area contributed by atoms with Gasteiger partial charge in [-0.2, -0.15) is 0 Å². The number of nitrogens with one attached hydrogen (secondary N) is 1. The molecule has 0 spiro atoms. The number of rotatable bonds is 1. The maximum Gasteiger partial charge on any atom is 1.00 e. The first-order chi connectivity index (χ1) is 4.34. The summed E-state index contributed by atoms with van der Waals surface area (Å²) in [5.74, 6) is 0.499. The van der Waals surface area contributed by atoms with E-state index >= 15 is 0 Å². The molecule has 0 saturated carbocycles. The zero-order chi connectivity index (χ0) is 6.69. The molecule has 1 aliphatic heterocycles. The van der Waals surface area contributed by atoms with Gasteiger partial charge in [-0.05, 0) is 25.3 Å². The van der Waals surface area contributed by atoms with Crippen LogP contribution < -0.4 is 34.9 Å². The van der Waals surface area contributed by atoms with E-state index in [1.54, 1.807) is 0 Å². The standard InChI is InChI=1S/C7H15NO.BH4.Na/c1-2-6-5-8-4-3-7(6)9;;/h6-9H,2-5H2,1H3;1H4;/q;-1;+1. The fraction of sp³-hybridized carbons (Fsp3) is 1.00. The third-order valence-corrected chi connectivity index (χ3v) is 2.09. The van der Waals surface area contributed by atoms with Crippen molar-refractivity contribution in [2.75, 3.05) is 13.1 Å². The Morgan fingerprint density at radius 1 is 1.55 bits per heavy atom. The minimum atomic E-state index is -0.0451. The van der Waals surface area contributed by atoms with Crippen LogP contribution in [0.2, 0.25) is 0 Å². The van der Waals surface area contributed by atoms with Crippen molar-refractivity contribution in [2.24, 2.45) is 5.92 Å². The maximum atomic E-state index is 9.33. The van der Waals surface area contributed by atoms with Gasteiger partial charge in [0, 0.05) is 6.54 Å². The van der Waals surface area contributed by atoms with Crippen molar-refractivity contribution in [3.63, 3.8) is 0 Å². The van der Waals surface area contributed by atoms with E-state index in [4.69, 9.17) is 0 Å². The second-order valence-electron chi connectivity index (χ2n) is 2.73. The molecule has 1 fully saturated rings. The molecule has 0 bridgehead atoms. The fourth-order valence-electron chi connectivity index (χ4n) is 1.33. The summed E-state index contributed by atoms with van der Waals surface area (Å²) in [5, 5.41) is 12.6. The van der Waals surface area contributed by atoms with E-state index in [0.29, 0.717) is 5.92 Å². The van der Waals surface area contributed by atoms with Gasteiger partial charge in [0.2, 0.25) is 0 Å². The Balaban J connectivity index is 0. The summed E-state index contributed by atoms with van der Waals surface area (Å²) in [7, 11) is 0. The monoisotopic (exact) mass is 167 g/mol. The van der Waals surface area contributed by atoms with Crippen LogP contribution in [0.15, 0.2) is 0 Å². The zero-order valence-electron chi connectivity index (χ0n) is 6.93. The molecular formula is C7H19BNNaO. The molecule has 4 heteroatoms. The van der Waals surface area contributed by atoms with Crippen LogP contribution in [0.3, 0.4) is 0 Å². The van der Waals surface area contributed by atoms with Gasteiger partial charge in [-0.3, -0.25) is 0 Å². The van der Waals surface area contributed by atoms with E-state index in [2.05, 4.69) is 12.2 Å². The van der Waals surface area contributed by atoms with Crippen LogP contribution in [-0.2, 0) is 0 Å². The molecular weight excluding hydrogens is 148 g/mol. The van der Waals surface area contributed by atoms with Crippen LogP contribution in [0.1, 0.15) is 19.8 Å². The van der Waals surface area contributed by atoms with Gasteiger partial charge in [-0.25, -0.2) is 0 Å². The molecule has 11 heavy (non-hydrogen) atoms. The van der Waals surface area contributed by atoms with Gasteiger partial charge in [-0.15, -0.1) is 0 Å². The zero-order valence-corrected chi connectivity index (χ0v) is 8.93. The molecule has 2 unspecified atom stereocenters. The average Bonchev–Trinajstić information content (AvgIpc) is 1.89. The Labute approximate surface area is 93.0 Å². The van der Waals surface area contributed by atoms with Crippen molar-refractivity contribution < 1.29 is 34.7 Å². The van der Waals surface area contributed by atoms with Gasteiger partial charge in [0.15, 0.2) is 0 Å². The Hall–Kier alpha value is 0.985. The molecule has 2 atom stereocenters. The second-order valence-corrected chi connectivity index (χ2v) is 2.73. The van der Waals surface area contributed by atoms with E-state index in [0.717, 1.165) is 25.9 Å². The molecule has 1 aliphatic rings. The van der Waals surface area contributed by atoms with E-state index in [1.807, 2.05) is 0 Å². The van der Waals surface area contributed by atoms with Crippen molar-refractivity contribution in [2.45, 2.75) is 25.9 Å². The van der Waals surface area contributed by atoms with Crippen molar-refractivity contribution in [3.8, 4) is 0 Å². The minimum Gasteiger partial charge on any atom is -0.393 e. The second kappa shape index (κ2) is 7.62. The van der Waals surface area contributed by atoms with Gasteiger partial charge < -0.3 is 10.4 Å². The van der Waals surface area contributed by atoms with E-state index in [9.17, 15) is 5.11 Å². The Bertz CT molecular complexity index is 94.5. The van der Waals surface area contributed by atoms with Crippen LogP contribution in [0.25, 0.3) is 0 Å². The van der Waals surface area contributed by atoms with E-state index < -0.39 is 0 Å². The summed E-state index contributed by atoms with van der Waals surface area (Å²) in [6.07, 6.45) is 1.98. The molecule has 0 aromatic carbocycles. The largest absolute Gasteiger partial charge is 1.00 e. The fourth-order valence-corrected chi connectivity index (χ4v) is 1.33. The SMILES string of the molecule is CCC1CNCCC1O.[BH4-].[Na+]. The van der Waals surface area contributed by atoms with Crippen LogP contribution in [-0.4, -0.2) is 32.7 Å². The van der Waals surface area contributed by atoms with Crippen LogP contribution in [0.4, 0.5) is 0 Å². The number of piperidine rings is 1. The van der Waals surface area contributed by atoms with Gasteiger partial charge >= 0.3 is 29.6 Å². The molecule has 1 saturated heterocycles. The normalized spacial score (nSPS) is 30.0. The average molecular weight is 167 g/mol. The summed E-state index contributed by atoms with van der Waals surface area (Å²) in [6, 6.07) is 0. The Morgan fingerprint density at radius 2 is 2.18 bits per heavy atom. The summed E-state index contributed by atoms with van der Waals surface area (Å²) >= 11 is 0. The molecule has 1 heterocycles. The number of aliphatic hydroxyl groups excluding tert-OH is 1. The molecule has 1 rings (SSSR count). The third kappa shape index (κ3) is 4.53. The van der Waals surface area contributed by atoms with Crippen molar-refractivity contribution in [3.05, 3.63) is 0 Å². The quantitative estimate of drug-likeness (QED) is 0.389. The molecule has 62 valence electrons. The van der Waals surface area contributed by atoms with Gasteiger partial charge in [0.25, 0.3) is 0 Å². The predicted molar refractivity (Wildman–Crippen MR) is 48.6 cm³/mol. The third-order valence-electron chi connectivity index (χ3n) is 2.09. The summed E-state index contributed by atoms with van der Waals surface area (Å²) in [6.45, 7) is 4.11. The van der Waals surface area contributed by atoms with E-state index in [-0.39, 0.29) is 44.1 Å². The topological polar surface area (TPSA) is 32.3 Å². The smallest absolute Gasteiger partial charge is 0.393 e. The van der Waals surface area contributed by atoms with Gasteiger partial charge in [-0.1, -0.05) is 15.3 Å². The van der Waals surface area contributed by atoms with Crippen LogP contribution in [0.5, 0.6) is 0 Å². The molecule has 0 radical (unpaired) electrons.